The molecule has 3 rings (SSSR count). The van der Waals surface area contributed by atoms with E-state index in [1.807, 2.05) is 37.3 Å². The number of hydrogen-bond acceptors (Lipinski definition) is 5. The van der Waals surface area contributed by atoms with Gasteiger partial charge in [-0.2, -0.15) is 4.31 Å². The first-order chi connectivity index (χ1) is 12.9. The van der Waals surface area contributed by atoms with Crippen molar-refractivity contribution >= 4 is 15.9 Å². The van der Waals surface area contributed by atoms with Gasteiger partial charge < -0.3 is 14.8 Å². The minimum Gasteiger partial charge on any atom is -0.486 e. The predicted octanol–water partition coefficient (Wildman–Crippen LogP) is 1.96. The van der Waals surface area contributed by atoms with Gasteiger partial charge in [0.05, 0.1) is 17.5 Å². The lowest BCUT2D eigenvalue weighted by molar-refractivity contribution is -0.121. The molecule has 2 aromatic rings. The van der Waals surface area contributed by atoms with Crippen LogP contribution in [0.1, 0.15) is 18.5 Å². The third kappa shape index (κ3) is 4.40. The summed E-state index contributed by atoms with van der Waals surface area (Å²) in [4.78, 5) is 12.3. The molecule has 1 aliphatic rings. The van der Waals surface area contributed by atoms with Crippen LogP contribution in [0.25, 0.3) is 0 Å². The Labute approximate surface area is 158 Å². The maximum absolute atomic E-state index is 12.8. The summed E-state index contributed by atoms with van der Waals surface area (Å²) in [7, 11) is -2.46. The van der Waals surface area contributed by atoms with Crippen LogP contribution in [0.4, 0.5) is 0 Å². The van der Waals surface area contributed by atoms with Crippen molar-refractivity contribution in [3.63, 3.8) is 0 Å². The molecule has 2 aromatic carbocycles. The third-order valence-electron chi connectivity index (χ3n) is 4.27. The normalized spacial score (nSPS) is 14.6. The molecule has 0 spiro atoms. The van der Waals surface area contributed by atoms with E-state index in [0.29, 0.717) is 24.7 Å². The highest BCUT2D eigenvalue weighted by Gasteiger charge is 2.25. The minimum absolute atomic E-state index is 0.0538. The minimum atomic E-state index is -3.83. The molecular weight excluding hydrogens is 368 g/mol. The average molecular weight is 390 g/mol. The zero-order chi connectivity index (χ0) is 19.4. The van der Waals surface area contributed by atoms with E-state index in [1.165, 1.54) is 19.2 Å². The van der Waals surface area contributed by atoms with Crippen LogP contribution in [-0.4, -0.2) is 45.4 Å². The van der Waals surface area contributed by atoms with Crippen LogP contribution in [-0.2, 0) is 14.8 Å². The summed E-state index contributed by atoms with van der Waals surface area (Å²) in [6.45, 7) is 2.36. The lowest BCUT2D eigenvalue weighted by atomic mass is 10.1. The second kappa shape index (κ2) is 7.98. The van der Waals surface area contributed by atoms with Crippen LogP contribution in [0.2, 0.25) is 0 Å². The van der Waals surface area contributed by atoms with Gasteiger partial charge >= 0.3 is 0 Å². The largest absolute Gasteiger partial charge is 0.486 e. The molecule has 0 saturated carbocycles. The van der Waals surface area contributed by atoms with E-state index in [9.17, 15) is 13.2 Å². The molecule has 7 nitrogen and oxygen atoms in total. The van der Waals surface area contributed by atoms with Crippen molar-refractivity contribution < 1.29 is 22.7 Å². The number of sulfonamides is 1. The molecule has 27 heavy (non-hydrogen) atoms. The van der Waals surface area contributed by atoms with Gasteiger partial charge in [0.1, 0.15) is 13.2 Å². The molecule has 0 aliphatic carbocycles. The number of ether oxygens (including phenoxy) is 2. The number of carbonyl (C=O) groups excluding carboxylic acids is 1. The smallest absolute Gasteiger partial charge is 0.243 e. The molecule has 144 valence electrons. The Hall–Kier alpha value is -2.58. The van der Waals surface area contributed by atoms with Gasteiger partial charge in [0.15, 0.2) is 11.5 Å². The molecule has 0 aromatic heterocycles. The summed E-state index contributed by atoms with van der Waals surface area (Å²) in [6, 6.07) is 13.7. The number of amides is 1. The van der Waals surface area contributed by atoms with E-state index < -0.39 is 10.0 Å². The molecule has 0 saturated heterocycles. The van der Waals surface area contributed by atoms with Crippen LogP contribution in [0.5, 0.6) is 11.5 Å². The molecule has 1 heterocycles. The number of likely N-dealkylation sites (N-methyl/N-ethyl adjacent to an activating group) is 1. The van der Waals surface area contributed by atoms with E-state index in [4.69, 9.17) is 9.47 Å². The Morgan fingerprint density at radius 1 is 1.11 bits per heavy atom. The van der Waals surface area contributed by atoms with Crippen LogP contribution >= 0.6 is 0 Å². The molecule has 1 amide bonds. The highest BCUT2D eigenvalue weighted by atomic mass is 32.2. The number of benzene rings is 2. The first kappa shape index (κ1) is 19.2. The van der Waals surface area contributed by atoms with Crippen molar-refractivity contribution in [2.24, 2.45) is 0 Å². The van der Waals surface area contributed by atoms with E-state index >= 15 is 0 Å². The van der Waals surface area contributed by atoms with Crippen LogP contribution in [0, 0.1) is 0 Å². The molecule has 1 aliphatic heterocycles. The molecular formula is C19H22N2O5S. The average Bonchev–Trinajstić information content (AvgIpc) is 2.68. The monoisotopic (exact) mass is 390 g/mol. The van der Waals surface area contributed by atoms with Gasteiger partial charge in [-0.25, -0.2) is 8.42 Å². The van der Waals surface area contributed by atoms with Gasteiger partial charge in [0.2, 0.25) is 15.9 Å². The molecule has 1 atom stereocenters. The SMILES string of the molecule is CC(NC(=O)CN(C)S(=O)(=O)c1ccc2c(c1)OCCO2)c1ccccc1. The van der Waals surface area contributed by atoms with Gasteiger partial charge in [0, 0.05) is 13.1 Å². The van der Waals surface area contributed by atoms with Crippen molar-refractivity contribution in [2.75, 3.05) is 26.8 Å². The van der Waals surface area contributed by atoms with E-state index in [2.05, 4.69) is 5.32 Å². The molecule has 8 heteroatoms. The predicted molar refractivity (Wildman–Crippen MR) is 100 cm³/mol. The zero-order valence-corrected chi connectivity index (χ0v) is 16.0. The first-order valence-electron chi connectivity index (χ1n) is 8.58. The number of fused-ring (bicyclic) bond motifs is 1. The highest BCUT2D eigenvalue weighted by molar-refractivity contribution is 7.89. The summed E-state index contributed by atoms with van der Waals surface area (Å²) in [5.41, 5.74) is 0.947. The maximum Gasteiger partial charge on any atom is 0.243 e. The first-order valence-corrected chi connectivity index (χ1v) is 10.0. The summed E-state index contributed by atoms with van der Waals surface area (Å²) in [6.07, 6.45) is 0. The van der Waals surface area contributed by atoms with Crippen molar-refractivity contribution in [1.82, 2.24) is 9.62 Å². The second-order valence-corrected chi connectivity index (χ2v) is 8.31. The van der Waals surface area contributed by atoms with E-state index in [1.54, 1.807) is 6.07 Å². The van der Waals surface area contributed by atoms with Crippen molar-refractivity contribution in [2.45, 2.75) is 17.9 Å². The van der Waals surface area contributed by atoms with E-state index in [0.717, 1.165) is 9.87 Å². The fourth-order valence-electron chi connectivity index (χ4n) is 2.76. The zero-order valence-electron chi connectivity index (χ0n) is 15.2. The van der Waals surface area contributed by atoms with Gasteiger partial charge in [-0.05, 0) is 24.6 Å². The maximum atomic E-state index is 12.8. The molecule has 1 N–H and O–H groups in total. The fourth-order valence-corrected chi connectivity index (χ4v) is 3.91. The Bertz CT molecular complexity index is 915. The summed E-state index contributed by atoms with van der Waals surface area (Å²) in [5, 5.41) is 2.81. The van der Waals surface area contributed by atoms with Gasteiger partial charge in [-0.15, -0.1) is 0 Å². The molecule has 0 fully saturated rings. The standard InChI is InChI=1S/C19H22N2O5S/c1-14(15-6-4-3-5-7-15)20-19(22)13-21(2)27(23,24)16-8-9-17-18(12-16)26-11-10-25-17/h3-9,12,14H,10-11,13H2,1-2H3,(H,20,22). The van der Waals surface area contributed by atoms with Crippen molar-refractivity contribution in [1.29, 1.82) is 0 Å². The summed E-state index contributed by atoms with van der Waals surface area (Å²) >= 11 is 0. The van der Waals surface area contributed by atoms with Crippen LogP contribution < -0.4 is 14.8 Å². The summed E-state index contributed by atoms with van der Waals surface area (Å²) in [5.74, 6) is 0.519. The Balaban J connectivity index is 1.67. The van der Waals surface area contributed by atoms with Gasteiger partial charge in [-0.3, -0.25) is 4.79 Å². The highest BCUT2D eigenvalue weighted by Crippen LogP contribution is 2.32. The molecule has 0 bridgehead atoms. The lowest BCUT2D eigenvalue weighted by Gasteiger charge is -2.21. The van der Waals surface area contributed by atoms with Crippen molar-refractivity contribution in [3.8, 4) is 11.5 Å². The number of rotatable bonds is 6. The second-order valence-electron chi connectivity index (χ2n) is 6.27. The number of nitrogens with one attached hydrogen (secondary N) is 1. The fraction of sp³-hybridized carbons (Fsp3) is 0.316. The van der Waals surface area contributed by atoms with Crippen LogP contribution in [0.3, 0.4) is 0 Å². The van der Waals surface area contributed by atoms with Crippen molar-refractivity contribution in [3.05, 3.63) is 54.1 Å². The van der Waals surface area contributed by atoms with Gasteiger partial charge in [-0.1, -0.05) is 30.3 Å². The van der Waals surface area contributed by atoms with Crippen LogP contribution in [0.15, 0.2) is 53.4 Å². The number of carbonyl (C=O) groups is 1. The van der Waals surface area contributed by atoms with Gasteiger partial charge in [0.25, 0.3) is 0 Å². The lowest BCUT2D eigenvalue weighted by Crippen LogP contribution is -2.39. The van der Waals surface area contributed by atoms with E-state index in [-0.39, 0.29) is 23.4 Å². The Morgan fingerprint density at radius 3 is 2.48 bits per heavy atom. The molecule has 1 unspecified atom stereocenters. The summed E-state index contributed by atoms with van der Waals surface area (Å²) < 4.78 is 37.4. The topological polar surface area (TPSA) is 84.9 Å². The number of nitrogens with zero attached hydrogens (tertiary/aromatic N) is 1. The Morgan fingerprint density at radius 2 is 1.78 bits per heavy atom. The third-order valence-corrected chi connectivity index (χ3v) is 6.06. The molecule has 0 radical (unpaired) electrons. The Kier molecular flexibility index (Phi) is 5.67. The number of hydrogen-bond donors (Lipinski definition) is 1. The quantitative estimate of drug-likeness (QED) is 0.815.